The van der Waals surface area contributed by atoms with E-state index in [2.05, 4.69) is 42.3 Å². The SMILES string of the molecule is CCCCCN1N=C(C(=O)CC2C3CC4CC(C3)CC2C4)CC1c1ccccc1. The van der Waals surface area contributed by atoms with Gasteiger partial charge in [-0.1, -0.05) is 50.1 Å². The van der Waals surface area contributed by atoms with Gasteiger partial charge in [0.05, 0.1) is 6.04 Å². The van der Waals surface area contributed by atoms with Crippen LogP contribution in [0, 0.1) is 29.6 Å². The van der Waals surface area contributed by atoms with E-state index in [0.717, 1.165) is 55.2 Å². The molecule has 0 saturated heterocycles. The number of hydrogen-bond acceptors (Lipinski definition) is 3. The van der Waals surface area contributed by atoms with Crippen LogP contribution in [0.2, 0.25) is 0 Å². The van der Waals surface area contributed by atoms with Crippen LogP contribution in [0.3, 0.4) is 0 Å². The Morgan fingerprint density at radius 1 is 1.00 bits per heavy atom. The van der Waals surface area contributed by atoms with Gasteiger partial charge in [-0.3, -0.25) is 9.80 Å². The lowest BCUT2D eigenvalue weighted by Crippen LogP contribution is -2.46. The van der Waals surface area contributed by atoms with Crippen molar-refractivity contribution in [2.75, 3.05) is 6.54 Å². The topological polar surface area (TPSA) is 32.7 Å². The van der Waals surface area contributed by atoms with E-state index in [1.165, 1.54) is 50.5 Å². The number of ketones is 1. The molecular formula is C26H36N2O. The molecule has 156 valence electrons. The third-order valence-electron chi connectivity index (χ3n) is 8.34. The van der Waals surface area contributed by atoms with Crippen molar-refractivity contribution < 1.29 is 4.79 Å². The van der Waals surface area contributed by atoms with Crippen LogP contribution in [0.4, 0.5) is 0 Å². The summed E-state index contributed by atoms with van der Waals surface area (Å²) in [5, 5.41) is 7.12. The quantitative estimate of drug-likeness (QED) is 0.507. The average Bonchev–Trinajstić information content (AvgIpc) is 3.15. The van der Waals surface area contributed by atoms with Gasteiger partial charge >= 0.3 is 0 Å². The molecule has 1 unspecified atom stereocenters. The first-order valence-electron chi connectivity index (χ1n) is 12.1. The molecule has 1 aliphatic heterocycles. The first kappa shape index (κ1) is 19.3. The molecule has 5 aliphatic rings. The Hall–Kier alpha value is -1.64. The van der Waals surface area contributed by atoms with E-state index in [9.17, 15) is 4.79 Å². The van der Waals surface area contributed by atoms with Gasteiger partial charge in [0.2, 0.25) is 0 Å². The number of hydrogen-bond donors (Lipinski definition) is 0. The van der Waals surface area contributed by atoms with Crippen LogP contribution in [-0.4, -0.2) is 23.0 Å². The third-order valence-corrected chi connectivity index (χ3v) is 8.34. The Balaban J connectivity index is 1.28. The molecule has 1 aromatic rings. The molecular weight excluding hydrogens is 356 g/mol. The van der Waals surface area contributed by atoms with Crippen molar-refractivity contribution in [2.24, 2.45) is 34.7 Å². The molecule has 0 N–H and O–H groups in total. The van der Waals surface area contributed by atoms with E-state index in [1.807, 2.05) is 0 Å². The van der Waals surface area contributed by atoms with Crippen molar-refractivity contribution in [3.63, 3.8) is 0 Å². The van der Waals surface area contributed by atoms with Gasteiger partial charge in [0.1, 0.15) is 5.71 Å². The van der Waals surface area contributed by atoms with E-state index < -0.39 is 0 Å². The highest BCUT2D eigenvalue weighted by Gasteiger charge is 2.48. The monoisotopic (exact) mass is 392 g/mol. The first-order chi connectivity index (χ1) is 14.2. The molecule has 3 nitrogen and oxygen atoms in total. The maximum atomic E-state index is 13.3. The number of nitrogens with zero attached hydrogens (tertiary/aromatic N) is 2. The lowest BCUT2D eigenvalue weighted by Gasteiger charge is -2.54. The summed E-state index contributed by atoms with van der Waals surface area (Å²) in [5.74, 6) is 4.59. The molecule has 4 saturated carbocycles. The lowest BCUT2D eigenvalue weighted by atomic mass is 9.51. The molecule has 0 amide bonds. The molecule has 1 aromatic carbocycles. The van der Waals surface area contributed by atoms with Crippen LogP contribution in [-0.2, 0) is 4.79 Å². The maximum absolute atomic E-state index is 13.3. The van der Waals surface area contributed by atoms with E-state index in [-0.39, 0.29) is 6.04 Å². The van der Waals surface area contributed by atoms with Crippen molar-refractivity contribution in [1.29, 1.82) is 0 Å². The highest BCUT2D eigenvalue weighted by atomic mass is 16.1. The second-order valence-electron chi connectivity index (χ2n) is 10.3. The molecule has 4 bridgehead atoms. The molecule has 3 heteroatoms. The fraction of sp³-hybridized carbons (Fsp3) is 0.692. The number of hydrazone groups is 1. The fourth-order valence-electron chi connectivity index (χ4n) is 7.12. The maximum Gasteiger partial charge on any atom is 0.179 e. The number of rotatable bonds is 8. The minimum absolute atomic E-state index is 0.241. The number of carbonyl (C=O) groups is 1. The standard InChI is InChI=1S/C26H36N2O/c1-2-3-7-10-28-25(20-8-5-4-6-9-20)17-24(27-28)26(29)16-23-21-12-18-11-19(14-21)15-22(23)13-18/h4-6,8-9,18-19,21-23,25H,2-3,7,10-17H2,1H3. The number of benzene rings is 1. The second kappa shape index (κ2) is 8.24. The van der Waals surface area contributed by atoms with Crippen LogP contribution in [0.5, 0.6) is 0 Å². The van der Waals surface area contributed by atoms with E-state index in [0.29, 0.717) is 11.7 Å². The summed E-state index contributed by atoms with van der Waals surface area (Å²) in [6, 6.07) is 10.9. The summed E-state index contributed by atoms with van der Waals surface area (Å²) < 4.78 is 0. The number of unbranched alkanes of at least 4 members (excludes halogenated alkanes) is 2. The zero-order valence-corrected chi connectivity index (χ0v) is 17.9. The second-order valence-corrected chi connectivity index (χ2v) is 10.3. The Bertz CT molecular complexity index is 727. The fourth-order valence-corrected chi connectivity index (χ4v) is 7.12. The highest BCUT2D eigenvalue weighted by molar-refractivity contribution is 6.40. The van der Waals surface area contributed by atoms with Gasteiger partial charge in [0, 0.05) is 19.4 Å². The van der Waals surface area contributed by atoms with Gasteiger partial charge in [0.15, 0.2) is 5.78 Å². The number of carbonyl (C=O) groups excluding carboxylic acids is 1. The van der Waals surface area contributed by atoms with Crippen LogP contribution in [0.15, 0.2) is 35.4 Å². The average molecular weight is 393 g/mol. The van der Waals surface area contributed by atoms with Gasteiger partial charge in [-0.2, -0.15) is 5.10 Å². The molecule has 0 radical (unpaired) electrons. The van der Waals surface area contributed by atoms with E-state index in [4.69, 9.17) is 5.10 Å². The highest BCUT2D eigenvalue weighted by Crippen LogP contribution is 2.57. The lowest BCUT2D eigenvalue weighted by molar-refractivity contribution is -0.118. The summed E-state index contributed by atoms with van der Waals surface area (Å²) >= 11 is 0. The molecule has 6 rings (SSSR count). The molecule has 4 aliphatic carbocycles. The van der Waals surface area contributed by atoms with Crippen LogP contribution in [0.1, 0.15) is 82.7 Å². The minimum Gasteiger partial charge on any atom is -0.293 e. The smallest absolute Gasteiger partial charge is 0.179 e. The minimum atomic E-state index is 0.241. The van der Waals surface area contributed by atoms with E-state index >= 15 is 0 Å². The number of Topliss-reactive ketones (excluding diaryl/α,β-unsaturated/α-hetero) is 1. The molecule has 29 heavy (non-hydrogen) atoms. The van der Waals surface area contributed by atoms with Gasteiger partial charge < -0.3 is 0 Å². The zero-order valence-electron chi connectivity index (χ0n) is 17.9. The van der Waals surface area contributed by atoms with Crippen molar-refractivity contribution in [2.45, 2.75) is 77.2 Å². The Morgan fingerprint density at radius 3 is 2.34 bits per heavy atom. The van der Waals surface area contributed by atoms with Crippen LogP contribution in [0.25, 0.3) is 0 Å². The van der Waals surface area contributed by atoms with Gasteiger partial charge in [0.25, 0.3) is 0 Å². The van der Waals surface area contributed by atoms with Crippen molar-refractivity contribution in [3.05, 3.63) is 35.9 Å². The van der Waals surface area contributed by atoms with Gasteiger partial charge in [-0.05, 0) is 73.7 Å². The summed E-state index contributed by atoms with van der Waals surface area (Å²) in [5.41, 5.74) is 2.15. The normalized spacial score (nSPS) is 35.2. The summed E-state index contributed by atoms with van der Waals surface area (Å²) in [7, 11) is 0. The van der Waals surface area contributed by atoms with Crippen LogP contribution >= 0.6 is 0 Å². The Morgan fingerprint density at radius 2 is 1.69 bits per heavy atom. The predicted molar refractivity (Wildman–Crippen MR) is 118 cm³/mol. The largest absolute Gasteiger partial charge is 0.293 e. The molecule has 1 heterocycles. The van der Waals surface area contributed by atoms with Crippen molar-refractivity contribution >= 4 is 11.5 Å². The summed E-state index contributed by atoms with van der Waals surface area (Å²) in [6.07, 6.45) is 12.2. The molecule has 0 aromatic heterocycles. The predicted octanol–water partition coefficient (Wildman–Crippen LogP) is 6.01. The van der Waals surface area contributed by atoms with Crippen molar-refractivity contribution in [1.82, 2.24) is 5.01 Å². The van der Waals surface area contributed by atoms with Gasteiger partial charge in [-0.15, -0.1) is 0 Å². The summed E-state index contributed by atoms with van der Waals surface area (Å²) in [6.45, 7) is 3.20. The molecule has 1 atom stereocenters. The Kier molecular flexibility index (Phi) is 5.49. The first-order valence-corrected chi connectivity index (χ1v) is 12.1. The van der Waals surface area contributed by atoms with Crippen molar-refractivity contribution in [3.8, 4) is 0 Å². The Labute approximate surface area is 175 Å². The zero-order chi connectivity index (χ0) is 19.8. The molecule has 0 spiro atoms. The van der Waals surface area contributed by atoms with E-state index in [1.54, 1.807) is 0 Å². The van der Waals surface area contributed by atoms with Crippen LogP contribution < -0.4 is 0 Å². The molecule has 4 fully saturated rings. The summed E-state index contributed by atoms with van der Waals surface area (Å²) in [4.78, 5) is 13.3. The third kappa shape index (κ3) is 3.90. The van der Waals surface area contributed by atoms with Gasteiger partial charge in [-0.25, -0.2) is 0 Å².